The maximum atomic E-state index is 12.6. The first-order valence-electron chi connectivity index (χ1n) is 8.60. The van der Waals surface area contributed by atoms with Crippen molar-refractivity contribution in [1.82, 2.24) is 15.1 Å². The van der Waals surface area contributed by atoms with Crippen LogP contribution in [0.4, 0.5) is 0 Å². The molecule has 2 atom stereocenters. The van der Waals surface area contributed by atoms with Gasteiger partial charge in [0.1, 0.15) is 6.04 Å². The van der Waals surface area contributed by atoms with E-state index in [1.807, 2.05) is 20.8 Å². The third-order valence-corrected chi connectivity index (χ3v) is 4.40. The van der Waals surface area contributed by atoms with E-state index in [2.05, 4.69) is 10.2 Å². The fraction of sp³-hybridized carbons (Fsp3) is 0.882. The molecule has 1 aliphatic rings. The lowest BCUT2D eigenvalue weighted by Gasteiger charge is -2.39. The van der Waals surface area contributed by atoms with Crippen LogP contribution in [-0.4, -0.2) is 85.3 Å². The van der Waals surface area contributed by atoms with Crippen molar-refractivity contribution < 1.29 is 19.4 Å². The largest absolute Gasteiger partial charge is 0.391 e. The molecule has 0 aromatic heterocycles. The third kappa shape index (κ3) is 6.75. The molecule has 7 nitrogen and oxygen atoms in total. The highest BCUT2D eigenvalue weighted by atomic mass is 16.5. The van der Waals surface area contributed by atoms with Crippen molar-refractivity contribution in [1.29, 1.82) is 0 Å². The maximum absolute atomic E-state index is 12.6. The van der Waals surface area contributed by atoms with E-state index in [0.29, 0.717) is 32.7 Å². The van der Waals surface area contributed by atoms with E-state index in [-0.39, 0.29) is 17.2 Å². The molecule has 24 heavy (non-hydrogen) atoms. The van der Waals surface area contributed by atoms with Gasteiger partial charge in [-0.25, -0.2) is 0 Å². The topological polar surface area (TPSA) is 82.1 Å². The normalized spacial score (nSPS) is 19.0. The molecule has 0 aromatic carbocycles. The van der Waals surface area contributed by atoms with Crippen molar-refractivity contribution in [3.8, 4) is 0 Å². The number of piperazine rings is 1. The van der Waals surface area contributed by atoms with E-state index in [0.717, 1.165) is 13.1 Å². The molecule has 0 unspecified atom stereocenters. The highest BCUT2D eigenvalue weighted by molar-refractivity contribution is 5.86. The number of ether oxygens (including phenoxy) is 1. The molecule has 7 heteroatoms. The molecule has 0 saturated carbocycles. The molecule has 0 radical (unpaired) electrons. The van der Waals surface area contributed by atoms with Gasteiger partial charge in [-0.05, 0) is 11.8 Å². The highest BCUT2D eigenvalue weighted by Gasteiger charge is 2.30. The Kier molecular flexibility index (Phi) is 8.12. The van der Waals surface area contributed by atoms with Crippen LogP contribution < -0.4 is 5.32 Å². The van der Waals surface area contributed by atoms with Gasteiger partial charge in [-0.1, -0.05) is 20.8 Å². The summed E-state index contributed by atoms with van der Waals surface area (Å²) in [6.07, 6.45) is 0.0753. The summed E-state index contributed by atoms with van der Waals surface area (Å²) in [5, 5.41) is 12.9. The molecule has 1 saturated heterocycles. The van der Waals surface area contributed by atoms with Crippen molar-refractivity contribution in [2.24, 2.45) is 5.41 Å². The summed E-state index contributed by atoms with van der Waals surface area (Å²) in [5.74, 6) is -0.269. The molecule has 1 heterocycles. The monoisotopic (exact) mass is 343 g/mol. The van der Waals surface area contributed by atoms with E-state index < -0.39 is 12.1 Å². The zero-order chi connectivity index (χ0) is 18.3. The molecule has 1 aliphatic heterocycles. The number of carbonyl (C=O) groups excluding carboxylic acids is 2. The Labute approximate surface area is 145 Å². The van der Waals surface area contributed by atoms with Crippen LogP contribution in [0.25, 0.3) is 0 Å². The van der Waals surface area contributed by atoms with Crippen LogP contribution in [0.2, 0.25) is 0 Å². The minimum atomic E-state index is -0.533. The smallest absolute Gasteiger partial charge is 0.245 e. The summed E-state index contributed by atoms with van der Waals surface area (Å²) in [7, 11) is 1.58. The minimum Gasteiger partial charge on any atom is -0.391 e. The minimum absolute atomic E-state index is 0.0572. The van der Waals surface area contributed by atoms with E-state index in [9.17, 15) is 14.7 Å². The molecular weight excluding hydrogens is 310 g/mol. The number of nitrogens with zero attached hydrogens (tertiary/aromatic N) is 2. The van der Waals surface area contributed by atoms with Crippen molar-refractivity contribution in [2.75, 3.05) is 46.4 Å². The van der Waals surface area contributed by atoms with Gasteiger partial charge < -0.3 is 20.1 Å². The average Bonchev–Trinajstić information content (AvgIpc) is 2.50. The highest BCUT2D eigenvalue weighted by Crippen LogP contribution is 2.20. The number of β-amino-alcohol motifs (C(OH)–C–C–N with tert-alkyl or cyclic N) is 1. The van der Waals surface area contributed by atoms with E-state index in [1.54, 1.807) is 12.0 Å². The SMILES string of the molecule is COCC[C@@H](NC(C)=O)C(=O)N1CCN(C[C@H](O)C(C)(C)C)CC1. The van der Waals surface area contributed by atoms with Gasteiger partial charge in [-0.3, -0.25) is 14.5 Å². The predicted octanol–water partition coefficient (Wildman–Crippen LogP) is 0.0788. The molecule has 2 N–H and O–H groups in total. The quantitative estimate of drug-likeness (QED) is 0.684. The predicted molar refractivity (Wildman–Crippen MR) is 92.6 cm³/mol. The van der Waals surface area contributed by atoms with Gasteiger partial charge in [0.2, 0.25) is 11.8 Å². The second kappa shape index (κ2) is 9.34. The average molecular weight is 343 g/mol. The van der Waals surface area contributed by atoms with Gasteiger partial charge in [-0.2, -0.15) is 0 Å². The molecular formula is C17H33N3O4. The van der Waals surface area contributed by atoms with Crippen LogP contribution in [-0.2, 0) is 14.3 Å². The van der Waals surface area contributed by atoms with Crippen LogP contribution >= 0.6 is 0 Å². The summed E-state index contributed by atoms with van der Waals surface area (Å²) in [5.41, 5.74) is -0.149. The van der Waals surface area contributed by atoms with Gasteiger partial charge in [0.15, 0.2) is 0 Å². The van der Waals surface area contributed by atoms with Crippen molar-refractivity contribution >= 4 is 11.8 Å². The van der Waals surface area contributed by atoms with Crippen LogP contribution in [0.3, 0.4) is 0 Å². The molecule has 0 spiro atoms. The number of aliphatic hydroxyl groups is 1. The van der Waals surface area contributed by atoms with Crippen LogP contribution in [0.1, 0.15) is 34.1 Å². The van der Waals surface area contributed by atoms with Gasteiger partial charge in [-0.15, -0.1) is 0 Å². The Morgan fingerprint density at radius 1 is 1.21 bits per heavy atom. The Morgan fingerprint density at radius 3 is 2.25 bits per heavy atom. The molecule has 0 aromatic rings. The lowest BCUT2D eigenvalue weighted by molar-refractivity contribution is -0.138. The maximum Gasteiger partial charge on any atom is 0.245 e. The number of nitrogens with one attached hydrogen (secondary N) is 1. The lowest BCUT2D eigenvalue weighted by atomic mass is 9.89. The zero-order valence-corrected chi connectivity index (χ0v) is 15.7. The van der Waals surface area contributed by atoms with Crippen LogP contribution in [0, 0.1) is 5.41 Å². The number of carbonyl (C=O) groups is 2. The molecule has 1 rings (SSSR count). The first-order chi connectivity index (χ1) is 11.1. The van der Waals surface area contributed by atoms with Gasteiger partial charge in [0, 0.05) is 53.4 Å². The molecule has 1 fully saturated rings. The summed E-state index contributed by atoms with van der Waals surface area (Å²) >= 11 is 0. The summed E-state index contributed by atoms with van der Waals surface area (Å²) in [6.45, 7) is 11.2. The standard InChI is InChI=1S/C17H33N3O4/c1-13(21)18-14(6-11-24-5)16(23)20-9-7-19(8-10-20)12-15(22)17(2,3)4/h14-15,22H,6-12H2,1-5H3,(H,18,21)/t14-,15+/m1/s1. The van der Waals surface area contributed by atoms with Crippen LogP contribution in [0.15, 0.2) is 0 Å². The lowest BCUT2D eigenvalue weighted by Crippen LogP contribution is -2.56. The molecule has 140 valence electrons. The Hall–Kier alpha value is -1.18. The first kappa shape index (κ1) is 20.9. The summed E-state index contributed by atoms with van der Waals surface area (Å²) in [4.78, 5) is 27.9. The fourth-order valence-electron chi connectivity index (χ4n) is 2.63. The summed E-state index contributed by atoms with van der Waals surface area (Å²) < 4.78 is 5.03. The number of aliphatic hydroxyl groups excluding tert-OH is 1. The van der Waals surface area contributed by atoms with Crippen LogP contribution in [0.5, 0.6) is 0 Å². The van der Waals surface area contributed by atoms with E-state index in [1.165, 1.54) is 6.92 Å². The number of methoxy groups -OCH3 is 1. The second-order valence-corrected chi connectivity index (χ2v) is 7.54. The number of hydrogen-bond acceptors (Lipinski definition) is 5. The number of hydrogen-bond donors (Lipinski definition) is 2. The number of amides is 2. The zero-order valence-electron chi connectivity index (χ0n) is 15.7. The Bertz CT molecular complexity index is 415. The van der Waals surface area contributed by atoms with Crippen molar-refractivity contribution in [3.05, 3.63) is 0 Å². The van der Waals surface area contributed by atoms with Gasteiger partial charge in [0.05, 0.1) is 6.10 Å². The van der Waals surface area contributed by atoms with Gasteiger partial charge in [0.25, 0.3) is 0 Å². The summed E-state index contributed by atoms with van der Waals surface area (Å²) in [6, 6.07) is -0.533. The molecule has 0 aliphatic carbocycles. The van der Waals surface area contributed by atoms with E-state index >= 15 is 0 Å². The molecule has 2 amide bonds. The number of rotatable bonds is 7. The third-order valence-electron chi connectivity index (χ3n) is 4.40. The van der Waals surface area contributed by atoms with Crippen molar-refractivity contribution in [3.63, 3.8) is 0 Å². The first-order valence-corrected chi connectivity index (χ1v) is 8.60. The van der Waals surface area contributed by atoms with Gasteiger partial charge >= 0.3 is 0 Å². The van der Waals surface area contributed by atoms with Crippen molar-refractivity contribution in [2.45, 2.75) is 46.3 Å². The Morgan fingerprint density at radius 2 is 1.79 bits per heavy atom. The molecule has 0 bridgehead atoms. The Balaban J connectivity index is 2.52. The van der Waals surface area contributed by atoms with E-state index in [4.69, 9.17) is 4.74 Å². The fourth-order valence-corrected chi connectivity index (χ4v) is 2.63. The second-order valence-electron chi connectivity index (χ2n) is 7.54.